The number of ether oxygens (including phenoxy) is 1. The van der Waals surface area contributed by atoms with Crippen molar-refractivity contribution in [2.24, 2.45) is 5.92 Å². The van der Waals surface area contributed by atoms with Gasteiger partial charge in [-0.25, -0.2) is 4.98 Å². The van der Waals surface area contributed by atoms with Crippen LogP contribution in [0.3, 0.4) is 0 Å². The van der Waals surface area contributed by atoms with E-state index in [1.807, 2.05) is 10.9 Å². The number of carbonyl (C=O) groups excluding carboxylic acids is 1. The van der Waals surface area contributed by atoms with E-state index in [0.717, 1.165) is 43.4 Å². The zero-order valence-electron chi connectivity index (χ0n) is 15.8. The SMILES string of the molecule is COc1cc(-c2cccc(C(F)(F)F)n2)cc2cn(C3CCC(C=O)CC3)nc12. The third-order valence-electron chi connectivity index (χ3n) is 5.45. The Hall–Kier alpha value is -2.90. The van der Waals surface area contributed by atoms with Crippen LogP contribution in [-0.2, 0) is 11.0 Å². The van der Waals surface area contributed by atoms with Crippen molar-refractivity contribution in [3.05, 3.63) is 42.2 Å². The van der Waals surface area contributed by atoms with E-state index >= 15 is 0 Å². The number of carbonyl (C=O) groups is 1. The van der Waals surface area contributed by atoms with Gasteiger partial charge in [0.25, 0.3) is 0 Å². The van der Waals surface area contributed by atoms with Crippen LogP contribution >= 0.6 is 0 Å². The van der Waals surface area contributed by atoms with Crippen molar-refractivity contribution < 1.29 is 22.7 Å². The van der Waals surface area contributed by atoms with E-state index in [-0.39, 0.29) is 17.7 Å². The number of hydrogen-bond acceptors (Lipinski definition) is 4. The van der Waals surface area contributed by atoms with Crippen LogP contribution in [0.1, 0.15) is 37.4 Å². The van der Waals surface area contributed by atoms with Crippen LogP contribution in [0.4, 0.5) is 13.2 Å². The summed E-state index contributed by atoms with van der Waals surface area (Å²) in [7, 11) is 1.51. The Morgan fingerprint density at radius 2 is 1.93 bits per heavy atom. The van der Waals surface area contributed by atoms with Gasteiger partial charge in [0.2, 0.25) is 0 Å². The fourth-order valence-electron chi connectivity index (χ4n) is 3.87. The minimum absolute atomic E-state index is 0.115. The number of nitrogens with zero attached hydrogens (tertiary/aromatic N) is 3. The molecule has 0 atom stereocenters. The third-order valence-corrected chi connectivity index (χ3v) is 5.45. The summed E-state index contributed by atoms with van der Waals surface area (Å²) in [6.07, 6.45) is 1.80. The highest BCUT2D eigenvalue weighted by molar-refractivity contribution is 5.89. The second kappa shape index (κ2) is 7.50. The lowest BCUT2D eigenvalue weighted by molar-refractivity contribution is -0.141. The molecular formula is C21H20F3N3O2. The molecule has 0 aliphatic heterocycles. The van der Waals surface area contributed by atoms with E-state index in [1.165, 1.54) is 13.2 Å². The predicted octanol–water partition coefficient (Wildman–Crippen LogP) is 5.06. The van der Waals surface area contributed by atoms with E-state index in [0.29, 0.717) is 16.8 Å². The number of hydrogen-bond donors (Lipinski definition) is 0. The van der Waals surface area contributed by atoms with Crippen LogP contribution < -0.4 is 4.74 Å². The normalized spacial score (nSPS) is 20.0. The van der Waals surface area contributed by atoms with Gasteiger partial charge in [0.1, 0.15) is 23.2 Å². The Morgan fingerprint density at radius 3 is 2.59 bits per heavy atom. The number of halogens is 3. The van der Waals surface area contributed by atoms with Crippen molar-refractivity contribution in [1.29, 1.82) is 0 Å². The zero-order valence-corrected chi connectivity index (χ0v) is 15.8. The summed E-state index contributed by atoms with van der Waals surface area (Å²) in [6.45, 7) is 0. The standard InChI is InChI=1S/C21H20F3N3O2/c1-29-18-10-14(17-3-2-4-19(25-17)21(22,23)24)9-15-11-27(26-20(15)18)16-7-5-13(12-28)6-8-16/h2-4,9-13,16H,5-8H2,1H3. The summed E-state index contributed by atoms with van der Waals surface area (Å²) in [5.41, 5.74) is 0.473. The fraction of sp³-hybridized carbons (Fsp3) is 0.381. The van der Waals surface area contributed by atoms with E-state index in [4.69, 9.17) is 4.74 Å². The molecule has 2 aromatic heterocycles. The van der Waals surface area contributed by atoms with Gasteiger partial charge in [-0.05, 0) is 49.9 Å². The number of benzene rings is 1. The minimum Gasteiger partial charge on any atom is -0.494 e. The average Bonchev–Trinajstić information content (AvgIpc) is 3.17. The molecule has 0 amide bonds. The van der Waals surface area contributed by atoms with E-state index < -0.39 is 11.9 Å². The molecule has 1 aliphatic rings. The third kappa shape index (κ3) is 3.83. The van der Waals surface area contributed by atoms with Crippen LogP contribution in [0.15, 0.2) is 36.5 Å². The van der Waals surface area contributed by atoms with Gasteiger partial charge < -0.3 is 9.53 Å². The van der Waals surface area contributed by atoms with E-state index in [1.54, 1.807) is 18.2 Å². The fourth-order valence-corrected chi connectivity index (χ4v) is 3.87. The lowest BCUT2D eigenvalue weighted by Gasteiger charge is -2.25. The molecule has 0 spiro atoms. The smallest absolute Gasteiger partial charge is 0.433 e. The highest BCUT2D eigenvalue weighted by Gasteiger charge is 2.32. The largest absolute Gasteiger partial charge is 0.494 e. The molecule has 2 heterocycles. The Morgan fingerprint density at radius 1 is 1.17 bits per heavy atom. The highest BCUT2D eigenvalue weighted by Crippen LogP contribution is 2.36. The van der Waals surface area contributed by atoms with E-state index in [9.17, 15) is 18.0 Å². The molecule has 1 saturated carbocycles. The van der Waals surface area contributed by atoms with Gasteiger partial charge in [0.15, 0.2) is 0 Å². The van der Waals surface area contributed by atoms with Crippen LogP contribution in [0, 0.1) is 5.92 Å². The summed E-state index contributed by atoms with van der Waals surface area (Å²) in [6, 6.07) is 7.47. The molecule has 0 unspecified atom stereocenters. The average molecular weight is 403 g/mol. The number of rotatable bonds is 4. The Balaban J connectivity index is 1.72. The molecule has 3 aromatic rings. The van der Waals surface area contributed by atoms with Crippen LogP contribution in [0.5, 0.6) is 5.75 Å². The number of fused-ring (bicyclic) bond motifs is 1. The second-order valence-electron chi connectivity index (χ2n) is 7.34. The summed E-state index contributed by atoms with van der Waals surface area (Å²) in [5.74, 6) is 0.599. The Labute approximate surface area is 165 Å². The summed E-state index contributed by atoms with van der Waals surface area (Å²) in [5, 5.41) is 5.43. The first kappa shape index (κ1) is 19.4. The Bertz CT molecular complexity index is 1040. The predicted molar refractivity (Wildman–Crippen MR) is 102 cm³/mol. The zero-order chi connectivity index (χ0) is 20.6. The van der Waals surface area contributed by atoms with E-state index in [2.05, 4.69) is 10.1 Å². The molecule has 0 N–H and O–H groups in total. The van der Waals surface area contributed by atoms with Gasteiger partial charge >= 0.3 is 6.18 Å². The van der Waals surface area contributed by atoms with Gasteiger partial charge in [-0.2, -0.15) is 18.3 Å². The van der Waals surface area contributed by atoms with Crippen molar-refractivity contribution in [3.63, 3.8) is 0 Å². The molecule has 8 heteroatoms. The first-order valence-corrected chi connectivity index (χ1v) is 9.46. The number of pyridine rings is 1. The maximum absolute atomic E-state index is 13.0. The topological polar surface area (TPSA) is 57.0 Å². The van der Waals surface area contributed by atoms with Gasteiger partial charge in [0, 0.05) is 23.1 Å². The summed E-state index contributed by atoms with van der Waals surface area (Å²) in [4.78, 5) is 14.7. The molecule has 1 aromatic carbocycles. The summed E-state index contributed by atoms with van der Waals surface area (Å²) >= 11 is 0. The van der Waals surface area contributed by atoms with Crippen LogP contribution in [0.25, 0.3) is 22.2 Å². The molecule has 1 fully saturated rings. The van der Waals surface area contributed by atoms with Crippen LogP contribution in [-0.4, -0.2) is 28.2 Å². The molecule has 5 nitrogen and oxygen atoms in total. The molecule has 0 bridgehead atoms. The molecule has 29 heavy (non-hydrogen) atoms. The molecule has 0 radical (unpaired) electrons. The highest BCUT2D eigenvalue weighted by atomic mass is 19.4. The number of aromatic nitrogens is 3. The molecule has 152 valence electrons. The van der Waals surface area contributed by atoms with Gasteiger partial charge in [0.05, 0.1) is 18.8 Å². The molecule has 4 rings (SSSR count). The van der Waals surface area contributed by atoms with Crippen molar-refractivity contribution in [2.45, 2.75) is 37.9 Å². The second-order valence-corrected chi connectivity index (χ2v) is 7.34. The molecular weight excluding hydrogens is 383 g/mol. The number of alkyl halides is 3. The maximum atomic E-state index is 13.0. The number of aldehydes is 1. The van der Waals surface area contributed by atoms with Gasteiger partial charge in [-0.3, -0.25) is 4.68 Å². The van der Waals surface area contributed by atoms with Gasteiger partial charge in [-0.15, -0.1) is 0 Å². The van der Waals surface area contributed by atoms with Crippen molar-refractivity contribution in [3.8, 4) is 17.0 Å². The molecule has 0 saturated heterocycles. The summed E-state index contributed by atoms with van der Waals surface area (Å²) < 4.78 is 46.4. The Kier molecular flexibility index (Phi) is 5.02. The first-order chi connectivity index (χ1) is 13.9. The lowest BCUT2D eigenvalue weighted by Crippen LogP contribution is -2.19. The quantitative estimate of drug-likeness (QED) is 0.572. The minimum atomic E-state index is -4.50. The van der Waals surface area contributed by atoms with Gasteiger partial charge in [-0.1, -0.05) is 6.07 Å². The lowest BCUT2D eigenvalue weighted by atomic mass is 9.87. The maximum Gasteiger partial charge on any atom is 0.433 e. The number of methoxy groups -OCH3 is 1. The monoisotopic (exact) mass is 403 g/mol. The van der Waals surface area contributed by atoms with Crippen molar-refractivity contribution >= 4 is 17.2 Å². The van der Waals surface area contributed by atoms with Crippen LogP contribution in [0.2, 0.25) is 0 Å². The first-order valence-electron chi connectivity index (χ1n) is 9.46. The van der Waals surface area contributed by atoms with Crippen molar-refractivity contribution in [1.82, 2.24) is 14.8 Å². The van der Waals surface area contributed by atoms with Crippen molar-refractivity contribution in [2.75, 3.05) is 7.11 Å². The molecule has 1 aliphatic carbocycles.